The summed E-state index contributed by atoms with van der Waals surface area (Å²) in [5.41, 5.74) is 3.17. The Morgan fingerprint density at radius 3 is 2.24 bits per heavy atom. The summed E-state index contributed by atoms with van der Waals surface area (Å²) in [5, 5.41) is 3.10. The summed E-state index contributed by atoms with van der Waals surface area (Å²) < 4.78 is 0. The van der Waals surface area contributed by atoms with E-state index in [-0.39, 0.29) is 11.8 Å². The highest BCUT2D eigenvalue weighted by molar-refractivity contribution is 5.96. The maximum atomic E-state index is 12.6. The quantitative estimate of drug-likeness (QED) is 0.826. The van der Waals surface area contributed by atoms with Crippen molar-refractivity contribution in [3.05, 3.63) is 65.7 Å². The van der Waals surface area contributed by atoms with Crippen LogP contribution in [0.1, 0.15) is 50.2 Å². The molecular weight excluding hydrogens is 258 g/mol. The largest absolute Gasteiger partial charge is 0.325 e. The van der Waals surface area contributed by atoms with Gasteiger partial charge in [0, 0.05) is 5.69 Å². The fourth-order valence-electron chi connectivity index (χ4n) is 2.59. The van der Waals surface area contributed by atoms with E-state index < -0.39 is 0 Å². The van der Waals surface area contributed by atoms with Gasteiger partial charge in [0.15, 0.2) is 0 Å². The molecule has 0 bridgehead atoms. The SMILES string of the molecule is CC[C@@H](C(=O)Nc1ccccc1C(C)C)c1ccccc1. The number of nitrogens with one attached hydrogen (secondary N) is 1. The first-order valence-electron chi connectivity index (χ1n) is 7.58. The summed E-state index contributed by atoms with van der Waals surface area (Å²) >= 11 is 0. The molecule has 0 aliphatic rings. The molecule has 0 saturated heterocycles. The van der Waals surface area contributed by atoms with Crippen molar-refractivity contribution in [1.29, 1.82) is 0 Å². The Balaban J connectivity index is 2.21. The zero-order valence-corrected chi connectivity index (χ0v) is 13.0. The van der Waals surface area contributed by atoms with Gasteiger partial charge in [0.25, 0.3) is 0 Å². The van der Waals surface area contributed by atoms with E-state index in [0.717, 1.165) is 17.7 Å². The number of carbonyl (C=O) groups excluding carboxylic acids is 1. The average Bonchev–Trinajstić information content (AvgIpc) is 2.49. The molecule has 0 unspecified atom stereocenters. The lowest BCUT2D eigenvalue weighted by atomic mass is 9.95. The Labute approximate surface area is 127 Å². The van der Waals surface area contributed by atoms with Crippen molar-refractivity contribution in [3.8, 4) is 0 Å². The molecule has 1 N–H and O–H groups in total. The Kier molecular flexibility index (Phi) is 5.15. The zero-order valence-electron chi connectivity index (χ0n) is 13.0. The van der Waals surface area contributed by atoms with Crippen LogP contribution in [-0.2, 0) is 4.79 Å². The molecule has 0 aliphatic carbocycles. The molecule has 0 fully saturated rings. The average molecular weight is 281 g/mol. The minimum absolute atomic E-state index is 0.0665. The topological polar surface area (TPSA) is 29.1 Å². The lowest BCUT2D eigenvalue weighted by Crippen LogP contribution is -2.21. The Hall–Kier alpha value is -2.09. The first-order chi connectivity index (χ1) is 10.1. The van der Waals surface area contributed by atoms with E-state index in [1.807, 2.05) is 55.5 Å². The van der Waals surface area contributed by atoms with Gasteiger partial charge >= 0.3 is 0 Å². The Morgan fingerprint density at radius 1 is 1.00 bits per heavy atom. The number of rotatable bonds is 5. The van der Waals surface area contributed by atoms with Gasteiger partial charge in [-0.1, -0.05) is 69.3 Å². The van der Waals surface area contributed by atoms with Crippen molar-refractivity contribution in [2.75, 3.05) is 5.32 Å². The summed E-state index contributed by atoms with van der Waals surface area (Å²) in [6, 6.07) is 18.0. The molecular formula is C19H23NO. The molecule has 21 heavy (non-hydrogen) atoms. The van der Waals surface area contributed by atoms with Crippen LogP contribution in [0.4, 0.5) is 5.69 Å². The van der Waals surface area contributed by atoms with Gasteiger partial charge < -0.3 is 5.32 Å². The van der Waals surface area contributed by atoms with Crippen molar-refractivity contribution >= 4 is 11.6 Å². The maximum absolute atomic E-state index is 12.6. The molecule has 2 aromatic rings. The highest BCUT2D eigenvalue weighted by atomic mass is 16.1. The van der Waals surface area contributed by atoms with E-state index in [2.05, 4.69) is 25.2 Å². The van der Waals surface area contributed by atoms with E-state index in [1.54, 1.807) is 0 Å². The number of carbonyl (C=O) groups is 1. The van der Waals surface area contributed by atoms with Crippen LogP contribution in [0, 0.1) is 0 Å². The molecule has 0 heterocycles. The van der Waals surface area contributed by atoms with Crippen LogP contribution in [0.15, 0.2) is 54.6 Å². The Bertz CT molecular complexity index is 590. The number of hydrogen-bond acceptors (Lipinski definition) is 1. The smallest absolute Gasteiger partial charge is 0.231 e. The molecule has 0 radical (unpaired) electrons. The van der Waals surface area contributed by atoms with Crippen LogP contribution in [0.25, 0.3) is 0 Å². The van der Waals surface area contributed by atoms with Crippen molar-refractivity contribution in [3.63, 3.8) is 0 Å². The van der Waals surface area contributed by atoms with E-state index in [0.29, 0.717) is 5.92 Å². The fourth-order valence-corrected chi connectivity index (χ4v) is 2.59. The van der Waals surface area contributed by atoms with Gasteiger partial charge in [0.1, 0.15) is 0 Å². The van der Waals surface area contributed by atoms with Gasteiger partial charge in [-0.05, 0) is 29.5 Å². The van der Waals surface area contributed by atoms with Crippen molar-refractivity contribution < 1.29 is 4.79 Å². The molecule has 1 atom stereocenters. The van der Waals surface area contributed by atoms with Crippen LogP contribution in [0.3, 0.4) is 0 Å². The number of para-hydroxylation sites is 1. The van der Waals surface area contributed by atoms with Crippen LogP contribution < -0.4 is 5.32 Å². The van der Waals surface area contributed by atoms with Gasteiger partial charge in [0.2, 0.25) is 5.91 Å². The molecule has 1 amide bonds. The van der Waals surface area contributed by atoms with Crippen LogP contribution in [-0.4, -0.2) is 5.91 Å². The first-order valence-corrected chi connectivity index (χ1v) is 7.58. The summed E-state index contributed by atoms with van der Waals surface area (Å²) in [5.74, 6) is 0.349. The summed E-state index contributed by atoms with van der Waals surface area (Å²) in [4.78, 5) is 12.6. The molecule has 0 spiro atoms. The van der Waals surface area contributed by atoms with Gasteiger partial charge in [-0.3, -0.25) is 4.79 Å². The third-order valence-corrected chi connectivity index (χ3v) is 3.77. The molecule has 0 saturated carbocycles. The minimum Gasteiger partial charge on any atom is -0.325 e. The zero-order chi connectivity index (χ0) is 15.2. The van der Waals surface area contributed by atoms with E-state index in [9.17, 15) is 4.79 Å². The molecule has 0 aromatic heterocycles. The summed E-state index contributed by atoms with van der Waals surface area (Å²) in [7, 11) is 0. The fraction of sp³-hybridized carbons (Fsp3) is 0.316. The second-order valence-corrected chi connectivity index (χ2v) is 5.60. The lowest BCUT2D eigenvalue weighted by Gasteiger charge is -2.18. The second-order valence-electron chi connectivity index (χ2n) is 5.60. The molecule has 2 rings (SSSR count). The molecule has 2 heteroatoms. The molecule has 110 valence electrons. The number of amides is 1. The number of benzene rings is 2. The molecule has 2 aromatic carbocycles. The highest BCUT2D eigenvalue weighted by Crippen LogP contribution is 2.26. The van der Waals surface area contributed by atoms with Crippen molar-refractivity contribution in [2.45, 2.75) is 39.0 Å². The first kappa shape index (κ1) is 15.3. The van der Waals surface area contributed by atoms with E-state index >= 15 is 0 Å². The van der Waals surface area contributed by atoms with Crippen molar-refractivity contribution in [2.24, 2.45) is 0 Å². The predicted molar refractivity (Wildman–Crippen MR) is 88.6 cm³/mol. The standard InChI is InChI=1S/C19H23NO/c1-4-16(15-10-6-5-7-11-15)19(21)20-18-13-9-8-12-17(18)14(2)3/h5-14,16H,4H2,1-3H3,(H,20,21)/t16-/m1/s1. The van der Waals surface area contributed by atoms with Gasteiger partial charge in [-0.15, -0.1) is 0 Å². The third-order valence-electron chi connectivity index (χ3n) is 3.77. The molecule has 0 aliphatic heterocycles. The predicted octanol–water partition coefficient (Wildman–Crippen LogP) is 4.94. The van der Waals surface area contributed by atoms with E-state index in [1.165, 1.54) is 5.56 Å². The highest BCUT2D eigenvalue weighted by Gasteiger charge is 2.19. The van der Waals surface area contributed by atoms with Crippen LogP contribution in [0.5, 0.6) is 0 Å². The van der Waals surface area contributed by atoms with Crippen LogP contribution >= 0.6 is 0 Å². The molecule has 2 nitrogen and oxygen atoms in total. The summed E-state index contributed by atoms with van der Waals surface area (Å²) in [6.07, 6.45) is 0.791. The van der Waals surface area contributed by atoms with Crippen LogP contribution in [0.2, 0.25) is 0 Å². The van der Waals surface area contributed by atoms with Gasteiger partial charge in [-0.2, -0.15) is 0 Å². The second kappa shape index (κ2) is 7.07. The number of anilines is 1. The third kappa shape index (κ3) is 3.72. The van der Waals surface area contributed by atoms with Crippen molar-refractivity contribution in [1.82, 2.24) is 0 Å². The van der Waals surface area contributed by atoms with E-state index in [4.69, 9.17) is 0 Å². The normalized spacial score (nSPS) is 12.2. The maximum Gasteiger partial charge on any atom is 0.231 e. The summed E-state index contributed by atoms with van der Waals surface area (Å²) in [6.45, 7) is 6.32. The minimum atomic E-state index is -0.105. The lowest BCUT2D eigenvalue weighted by molar-refractivity contribution is -0.117. The monoisotopic (exact) mass is 281 g/mol. The van der Waals surface area contributed by atoms with Gasteiger partial charge in [0.05, 0.1) is 5.92 Å². The number of hydrogen-bond donors (Lipinski definition) is 1. The Morgan fingerprint density at radius 2 is 1.62 bits per heavy atom. The van der Waals surface area contributed by atoms with Gasteiger partial charge in [-0.25, -0.2) is 0 Å².